The van der Waals surface area contributed by atoms with Crippen molar-refractivity contribution in [3.8, 4) is 17.3 Å². The first-order valence-electron chi connectivity index (χ1n) is 15.7. The Morgan fingerprint density at radius 2 is 1.79 bits per heavy atom. The highest BCUT2D eigenvalue weighted by Gasteiger charge is 2.18. The van der Waals surface area contributed by atoms with Crippen LogP contribution in [0.1, 0.15) is 34.9 Å². The third-order valence-corrected chi connectivity index (χ3v) is 9.16. The lowest BCUT2D eigenvalue weighted by molar-refractivity contribution is 0.262. The summed E-state index contributed by atoms with van der Waals surface area (Å²) in [5.74, 6) is 1.99. The molecular weight excluding hydrogens is 715 g/mol. The zero-order chi connectivity index (χ0) is 33.0. The molecule has 7 rings (SSSR count). The number of halogens is 1. The van der Waals surface area contributed by atoms with E-state index in [1.165, 1.54) is 0 Å². The maximum atomic E-state index is 13.5. The fourth-order valence-corrected chi connectivity index (χ4v) is 6.42. The third-order valence-electron chi connectivity index (χ3n) is 7.90. The molecule has 11 heteroatoms. The average Bonchev–Trinajstić information content (AvgIpc) is 3.74. The van der Waals surface area contributed by atoms with E-state index < -0.39 is 0 Å². The van der Waals surface area contributed by atoms with Crippen molar-refractivity contribution < 1.29 is 9.53 Å². The van der Waals surface area contributed by atoms with Gasteiger partial charge in [0.25, 0.3) is 0 Å². The van der Waals surface area contributed by atoms with Crippen LogP contribution in [0.4, 0.5) is 27.9 Å². The molecule has 0 radical (unpaired) electrons. The summed E-state index contributed by atoms with van der Waals surface area (Å²) < 4.78 is 8.28. The van der Waals surface area contributed by atoms with Crippen molar-refractivity contribution in [1.29, 1.82) is 0 Å². The molecule has 0 spiro atoms. The largest absolute Gasteiger partial charge is 0.438 e. The zero-order valence-electron chi connectivity index (χ0n) is 26.4. The van der Waals surface area contributed by atoms with Crippen LogP contribution in [0.15, 0.2) is 109 Å². The molecule has 0 aliphatic rings. The van der Waals surface area contributed by atoms with Gasteiger partial charge >= 0.3 is 6.03 Å². The molecule has 0 aliphatic carbocycles. The monoisotopic (exact) mass is 748 g/mol. The predicted molar refractivity (Wildman–Crippen MR) is 200 cm³/mol. The van der Waals surface area contributed by atoms with Crippen LogP contribution in [-0.4, -0.2) is 30.8 Å². The van der Waals surface area contributed by atoms with Gasteiger partial charge in [0.05, 0.1) is 21.0 Å². The van der Waals surface area contributed by atoms with Crippen molar-refractivity contribution >= 4 is 73.4 Å². The first-order chi connectivity index (χ1) is 23.4. The van der Waals surface area contributed by atoms with Gasteiger partial charge in [-0.1, -0.05) is 77.9 Å². The Kier molecular flexibility index (Phi) is 8.93. The van der Waals surface area contributed by atoms with Crippen molar-refractivity contribution in [2.45, 2.75) is 30.6 Å². The smallest absolute Gasteiger partial charge is 0.324 e. The Morgan fingerprint density at radius 1 is 0.958 bits per heavy atom. The highest BCUT2D eigenvalue weighted by atomic mass is 127. The summed E-state index contributed by atoms with van der Waals surface area (Å²) in [6, 6.07) is 30.8. The number of benzene rings is 4. The van der Waals surface area contributed by atoms with Crippen LogP contribution in [-0.2, 0) is 0 Å². The maximum absolute atomic E-state index is 13.5. The van der Waals surface area contributed by atoms with Crippen LogP contribution in [0.2, 0.25) is 0 Å². The molecule has 4 N–H and O–H groups in total. The van der Waals surface area contributed by atoms with Crippen molar-refractivity contribution in [3.05, 3.63) is 121 Å². The SMILES string of the molecule is CCCC(I)c1cc(NC(=O)Nc2ccc(Oc3ccnc(Nc4ccc5[nH]ccc5c4)n3)c3ccccc23)n(-c2ccc(C)cc2)n1. The molecular formula is C37H33IN8O2. The number of amides is 2. The molecule has 10 nitrogen and oxygen atoms in total. The summed E-state index contributed by atoms with van der Waals surface area (Å²) in [7, 11) is 0. The van der Waals surface area contributed by atoms with Gasteiger partial charge in [-0.25, -0.2) is 14.5 Å². The second kappa shape index (κ2) is 13.7. The lowest BCUT2D eigenvalue weighted by Gasteiger charge is -2.14. The van der Waals surface area contributed by atoms with Crippen molar-refractivity contribution in [1.82, 2.24) is 24.7 Å². The lowest BCUT2D eigenvalue weighted by Crippen LogP contribution is -2.21. The summed E-state index contributed by atoms with van der Waals surface area (Å²) in [4.78, 5) is 25.6. The first kappa shape index (κ1) is 31.2. The standard InChI is InChI=1S/C37H33IN8O2/c1-3-6-29(38)32-22-34(46(45-32)26-12-9-23(2)10-13-26)43-37(47)42-31-15-16-33(28-8-5-4-7-27(28)31)48-35-18-20-40-36(44-35)41-25-11-14-30-24(21-25)17-19-39-30/h4-5,7-22,29,39H,3,6H2,1-2H3,(H,40,41,44)(H2,42,43,47). The fourth-order valence-electron chi connectivity index (χ4n) is 5.50. The first-order valence-corrected chi connectivity index (χ1v) is 16.9. The molecule has 0 aliphatic heterocycles. The second-order valence-electron chi connectivity index (χ2n) is 11.4. The summed E-state index contributed by atoms with van der Waals surface area (Å²) in [6.45, 7) is 4.20. The van der Waals surface area contributed by atoms with E-state index in [9.17, 15) is 4.79 Å². The predicted octanol–water partition coefficient (Wildman–Crippen LogP) is 10.1. The molecule has 240 valence electrons. The molecule has 0 bridgehead atoms. The lowest BCUT2D eigenvalue weighted by atomic mass is 10.1. The quantitative estimate of drug-likeness (QED) is 0.0816. The van der Waals surface area contributed by atoms with Gasteiger partial charge in [-0.15, -0.1) is 0 Å². The normalized spacial score (nSPS) is 11.8. The molecule has 4 aromatic carbocycles. The van der Waals surface area contributed by atoms with E-state index in [2.05, 4.69) is 60.4 Å². The number of urea groups is 1. The Hall–Kier alpha value is -5.43. The van der Waals surface area contributed by atoms with Crippen molar-refractivity contribution in [2.75, 3.05) is 16.0 Å². The van der Waals surface area contributed by atoms with Crippen molar-refractivity contribution in [3.63, 3.8) is 0 Å². The van der Waals surface area contributed by atoms with Crippen molar-refractivity contribution in [2.24, 2.45) is 0 Å². The number of hydrogen-bond donors (Lipinski definition) is 4. The molecule has 1 unspecified atom stereocenters. The summed E-state index contributed by atoms with van der Waals surface area (Å²) in [6.07, 6.45) is 5.59. The van der Waals surface area contributed by atoms with Gasteiger partial charge in [0.2, 0.25) is 11.8 Å². The molecule has 7 aromatic rings. The van der Waals surface area contributed by atoms with Crippen LogP contribution in [0.25, 0.3) is 27.4 Å². The molecule has 3 heterocycles. The fraction of sp³-hybridized carbons (Fsp3) is 0.135. The number of carbonyl (C=O) groups excluding carboxylic acids is 1. The number of H-pyrrole nitrogens is 1. The number of ether oxygens (including phenoxy) is 1. The number of nitrogens with zero attached hydrogens (tertiary/aromatic N) is 4. The van der Waals surface area contributed by atoms with E-state index >= 15 is 0 Å². The molecule has 0 saturated carbocycles. The van der Waals surface area contributed by atoms with Crippen LogP contribution in [0.3, 0.4) is 0 Å². The Labute approximate surface area is 291 Å². The van der Waals surface area contributed by atoms with E-state index in [0.29, 0.717) is 29.1 Å². The summed E-state index contributed by atoms with van der Waals surface area (Å²) in [5.41, 5.74) is 5.51. The Morgan fingerprint density at radius 3 is 2.62 bits per heavy atom. The number of aromatic amines is 1. The van der Waals surface area contributed by atoms with E-state index in [1.807, 2.05) is 104 Å². The van der Waals surface area contributed by atoms with E-state index in [0.717, 1.165) is 57.1 Å². The number of carbonyl (C=O) groups is 1. The summed E-state index contributed by atoms with van der Waals surface area (Å²) in [5, 5.41) is 16.9. The minimum Gasteiger partial charge on any atom is -0.438 e. The molecule has 2 amide bonds. The number of anilines is 4. The van der Waals surface area contributed by atoms with Gasteiger partial charge < -0.3 is 20.4 Å². The Bertz CT molecular complexity index is 2230. The van der Waals surface area contributed by atoms with Crippen LogP contribution in [0.5, 0.6) is 11.6 Å². The van der Waals surface area contributed by atoms with E-state index in [-0.39, 0.29) is 9.96 Å². The van der Waals surface area contributed by atoms with Gasteiger partial charge in [0, 0.05) is 51.9 Å². The Balaban J connectivity index is 1.11. The third kappa shape index (κ3) is 6.81. The minimum atomic E-state index is -0.376. The van der Waals surface area contributed by atoms with E-state index in [4.69, 9.17) is 9.84 Å². The molecule has 0 saturated heterocycles. The van der Waals surface area contributed by atoms with Gasteiger partial charge in [-0.05, 0) is 61.9 Å². The van der Waals surface area contributed by atoms with Gasteiger partial charge in [-0.2, -0.15) is 10.1 Å². The highest BCUT2D eigenvalue weighted by molar-refractivity contribution is 14.1. The van der Waals surface area contributed by atoms with Crippen LogP contribution < -0.4 is 20.7 Å². The zero-order valence-corrected chi connectivity index (χ0v) is 28.5. The summed E-state index contributed by atoms with van der Waals surface area (Å²) >= 11 is 2.41. The second-order valence-corrected chi connectivity index (χ2v) is 12.9. The van der Waals surface area contributed by atoms with Crippen LogP contribution >= 0.6 is 22.6 Å². The number of hydrogen-bond acceptors (Lipinski definition) is 6. The number of fused-ring (bicyclic) bond motifs is 2. The maximum Gasteiger partial charge on any atom is 0.324 e. The van der Waals surface area contributed by atoms with Crippen LogP contribution in [0, 0.1) is 6.92 Å². The molecule has 1 atom stereocenters. The van der Waals surface area contributed by atoms with Gasteiger partial charge in [0.1, 0.15) is 11.6 Å². The number of rotatable bonds is 10. The number of aromatic nitrogens is 5. The topological polar surface area (TPSA) is 122 Å². The minimum absolute atomic E-state index is 0.232. The van der Waals surface area contributed by atoms with E-state index in [1.54, 1.807) is 16.9 Å². The van der Waals surface area contributed by atoms with Gasteiger partial charge in [-0.3, -0.25) is 5.32 Å². The highest BCUT2D eigenvalue weighted by Crippen LogP contribution is 2.35. The molecule has 48 heavy (non-hydrogen) atoms. The number of alkyl halides is 1. The molecule has 3 aromatic heterocycles. The number of nitrogens with one attached hydrogen (secondary N) is 4. The average molecular weight is 749 g/mol. The number of aryl methyl sites for hydroxylation is 1. The molecule has 0 fully saturated rings. The van der Waals surface area contributed by atoms with Gasteiger partial charge in [0.15, 0.2) is 0 Å².